The quantitative estimate of drug-likeness (QED) is 0.484. The van der Waals surface area contributed by atoms with Crippen molar-refractivity contribution in [1.82, 2.24) is 9.88 Å². The number of ketones is 1. The third-order valence-electron chi connectivity index (χ3n) is 5.93. The summed E-state index contributed by atoms with van der Waals surface area (Å²) in [7, 11) is 0. The van der Waals surface area contributed by atoms with Gasteiger partial charge in [0.2, 0.25) is 0 Å². The van der Waals surface area contributed by atoms with E-state index in [1.165, 1.54) is 12.1 Å². The summed E-state index contributed by atoms with van der Waals surface area (Å²) >= 11 is 5.80. The van der Waals surface area contributed by atoms with E-state index in [0.29, 0.717) is 48.3 Å². The van der Waals surface area contributed by atoms with E-state index < -0.39 is 29.5 Å². The zero-order chi connectivity index (χ0) is 22.3. The Morgan fingerprint density at radius 3 is 2.65 bits per heavy atom. The molecule has 1 saturated carbocycles. The number of Topliss-reactive ketones (excluding diaryl/α,β-unsaturated/α-hetero) is 1. The highest BCUT2D eigenvalue weighted by Crippen LogP contribution is 2.30. The summed E-state index contributed by atoms with van der Waals surface area (Å²) in [5, 5.41) is 14.7. The average Bonchev–Trinajstić information content (AvgIpc) is 3.00. The van der Waals surface area contributed by atoms with Crippen LogP contribution in [0.25, 0.3) is 0 Å². The van der Waals surface area contributed by atoms with E-state index in [1.807, 2.05) is 0 Å². The minimum atomic E-state index is -0.733. The molecule has 0 unspecified atom stereocenters. The minimum Gasteiger partial charge on any atom is -0.393 e. The van der Waals surface area contributed by atoms with Crippen molar-refractivity contribution in [3.63, 3.8) is 0 Å². The molecule has 1 aromatic carbocycles. The average molecular weight is 448 g/mol. The van der Waals surface area contributed by atoms with Crippen LogP contribution < -0.4 is 10.6 Å². The Labute approximate surface area is 183 Å². The number of aliphatic hydroxyl groups excluding tert-OH is 1. The molecule has 7 nitrogen and oxygen atoms in total. The Morgan fingerprint density at radius 2 is 1.97 bits per heavy atom. The number of aromatic nitrogens is 1. The molecule has 3 N–H and O–H groups in total. The number of rotatable bonds is 5. The van der Waals surface area contributed by atoms with Crippen LogP contribution in [-0.2, 0) is 17.8 Å². The van der Waals surface area contributed by atoms with Gasteiger partial charge in [0.1, 0.15) is 5.82 Å². The zero-order valence-electron chi connectivity index (χ0n) is 17.0. The minimum absolute atomic E-state index is 0.109. The van der Waals surface area contributed by atoms with Crippen molar-refractivity contribution in [2.75, 3.05) is 5.32 Å². The van der Waals surface area contributed by atoms with Crippen molar-refractivity contribution in [3.8, 4) is 0 Å². The largest absolute Gasteiger partial charge is 0.393 e. The monoisotopic (exact) mass is 447 g/mol. The number of amides is 2. The molecule has 9 heteroatoms. The van der Waals surface area contributed by atoms with E-state index in [9.17, 15) is 23.9 Å². The van der Waals surface area contributed by atoms with E-state index in [-0.39, 0.29) is 16.8 Å². The van der Waals surface area contributed by atoms with Crippen molar-refractivity contribution < 1.29 is 23.9 Å². The number of nitrogens with one attached hydrogen (secondary N) is 2. The number of fused-ring (bicyclic) bond motifs is 1. The normalized spacial score (nSPS) is 19.9. The molecule has 0 atom stereocenters. The van der Waals surface area contributed by atoms with Gasteiger partial charge >= 0.3 is 0 Å². The van der Waals surface area contributed by atoms with Crippen LogP contribution in [0.2, 0.25) is 5.02 Å². The smallest absolute Gasteiger partial charge is 0.294 e. The van der Waals surface area contributed by atoms with Crippen molar-refractivity contribution in [1.29, 1.82) is 0 Å². The predicted molar refractivity (Wildman–Crippen MR) is 113 cm³/mol. The molecule has 1 aliphatic heterocycles. The number of hydrogen-bond acceptors (Lipinski definition) is 4. The molecule has 2 amide bonds. The van der Waals surface area contributed by atoms with Gasteiger partial charge in [-0.3, -0.25) is 14.4 Å². The molecule has 2 heterocycles. The maximum absolute atomic E-state index is 13.4. The van der Waals surface area contributed by atoms with Crippen LogP contribution >= 0.6 is 11.6 Å². The lowest BCUT2D eigenvalue weighted by molar-refractivity contribution is -0.119. The molecule has 2 aliphatic rings. The fourth-order valence-corrected chi connectivity index (χ4v) is 4.48. The molecule has 31 heavy (non-hydrogen) atoms. The topological polar surface area (TPSA) is 100 Å². The predicted octanol–water partition coefficient (Wildman–Crippen LogP) is 3.00. The number of hydrogen-bond donors (Lipinski definition) is 3. The van der Waals surface area contributed by atoms with Gasteiger partial charge < -0.3 is 20.3 Å². The van der Waals surface area contributed by atoms with Gasteiger partial charge in [-0.15, -0.1) is 0 Å². The lowest BCUT2D eigenvalue weighted by Gasteiger charge is -2.31. The second-order valence-corrected chi connectivity index (χ2v) is 8.52. The molecule has 0 bridgehead atoms. The molecule has 0 radical (unpaired) electrons. The third kappa shape index (κ3) is 4.09. The first-order valence-electron chi connectivity index (χ1n) is 10.3. The Bertz CT molecular complexity index is 1080. The van der Waals surface area contributed by atoms with Crippen molar-refractivity contribution >= 4 is 34.9 Å². The molecular weight excluding hydrogens is 425 g/mol. The fourth-order valence-electron chi connectivity index (χ4n) is 4.30. The standard InChI is InChI=1S/C22H23ClFN3O4/c1-11-18(21(30)25-12-5-6-16(24)15(23)10-12)17-4-2-3-7-27(17)19(11)20(29)22(31)26-13-8-14(28)9-13/h5-6,10,13-14,28H,2-4,7-9H2,1H3,(H,25,30)(H,26,31). The summed E-state index contributed by atoms with van der Waals surface area (Å²) in [4.78, 5) is 38.6. The van der Waals surface area contributed by atoms with Crippen molar-refractivity contribution in [2.45, 2.75) is 57.7 Å². The van der Waals surface area contributed by atoms with Gasteiger partial charge in [0.25, 0.3) is 17.6 Å². The summed E-state index contributed by atoms with van der Waals surface area (Å²) in [6.07, 6.45) is 2.73. The summed E-state index contributed by atoms with van der Waals surface area (Å²) < 4.78 is 15.2. The Kier molecular flexibility index (Phi) is 5.85. The van der Waals surface area contributed by atoms with Gasteiger partial charge in [0.15, 0.2) is 0 Å². The van der Waals surface area contributed by atoms with Gasteiger partial charge in [0.05, 0.1) is 22.4 Å². The van der Waals surface area contributed by atoms with E-state index in [1.54, 1.807) is 11.5 Å². The van der Waals surface area contributed by atoms with Crippen LogP contribution in [0.3, 0.4) is 0 Å². The van der Waals surface area contributed by atoms with Crippen LogP contribution in [0.15, 0.2) is 18.2 Å². The molecule has 4 rings (SSSR count). The third-order valence-corrected chi connectivity index (χ3v) is 6.22. The zero-order valence-corrected chi connectivity index (χ0v) is 17.8. The molecule has 1 aromatic heterocycles. The SMILES string of the molecule is Cc1c(C(=O)Nc2ccc(F)c(Cl)c2)c2n(c1C(=O)C(=O)NC1CC(O)C1)CCCC2. The van der Waals surface area contributed by atoms with E-state index in [4.69, 9.17) is 11.6 Å². The number of anilines is 1. The van der Waals surface area contributed by atoms with Gasteiger partial charge in [-0.05, 0) is 62.8 Å². The van der Waals surface area contributed by atoms with E-state index >= 15 is 0 Å². The molecule has 0 saturated heterocycles. The lowest BCUT2D eigenvalue weighted by Crippen LogP contribution is -2.49. The fraction of sp³-hybridized carbons (Fsp3) is 0.409. The molecular formula is C22H23ClFN3O4. The van der Waals surface area contributed by atoms with Gasteiger partial charge in [0, 0.05) is 24.0 Å². The molecule has 1 aliphatic carbocycles. The lowest BCUT2D eigenvalue weighted by atomic mass is 9.89. The van der Waals surface area contributed by atoms with Crippen molar-refractivity contribution in [2.24, 2.45) is 0 Å². The number of carbonyl (C=O) groups excluding carboxylic acids is 3. The Balaban J connectivity index is 1.63. The summed E-state index contributed by atoms with van der Waals surface area (Å²) in [6, 6.07) is 3.67. The van der Waals surface area contributed by atoms with Crippen LogP contribution in [0.4, 0.5) is 10.1 Å². The summed E-state index contributed by atoms with van der Waals surface area (Å²) in [5.41, 5.74) is 2.06. The van der Waals surface area contributed by atoms with Gasteiger partial charge in [-0.1, -0.05) is 11.6 Å². The van der Waals surface area contributed by atoms with E-state index in [2.05, 4.69) is 10.6 Å². The number of carbonyl (C=O) groups is 3. The summed E-state index contributed by atoms with van der Waals surface area (Å²) in [5.74, 6) is -2.45. The number of halogens is 2. The van der Waals surface area contributed by atoms with Crippen LogP contribution in [0, 0.1) is 12.7 Å². The van der Waals surface area contributed by atoms with Crippen LogP contribution in [-0.4, -0.2) is 39.4 Å². The van der Waals surface area contributed by atoms with E-state index in [0.717, 1.165) is 18.9 Å². The Morgan fingerprint density at radius 1 is 1.23 bits per heavy atom. The maximum atomic E-state index is 13.4. The first-order chi connectivity index (χ1) is 14.8. The highest BCUT2D eigenvalue weighted by molar-refractivity contribution is 6.43. The second-order valence-electron chi connectivity index (χ2n) is 8.11. The molecule has 2 aromatic rings. The highest BCUT2D eigenvalue weighted by Gasteiger charge is 2.35. The van der Waals surface area contributed by atoms with Crippen LogP contribution in [0.1, 0.15) is 57.8 Å². The maximum Gasteiger partial charge on any atom is 0.294 e. The molecule has 164 valence electrons. The first-order valence-corrected chi connectivity index (χ1v) is 10.7. The number of nitrogens with zero attached hydrogens (tertiary/aromatic N) is 1. The van der Waals surface area contributed by atoms with Gasteiger partial charge in [-0.25, -0.2) is 4.39 Å². The number of benzene rings is 1. The van der Waals surface area contributed by atoms with Crippen LogP contribution in [0.5, 0.6) is 0 Å². The summed E-state index contributed by atoms with van der Waals surface area (Å²) in [6.45, 7) is 2.20. The first kappa shape index (κ1) is 21.5. The van der Waals surface area contributed by atoms with Gasteiger partial charge in [-0.2, -0.15) is 0 Å². The molecule has 1 fully saturated rings. The second kappa shape index (κ2) is 8.43. The number of aliphatic hydroxyl groups is 1. The molecule has 0 spiro atoms. The van der Waals surface area contributed by atoms with Crippen molar-refractivity contribution in [3.05, 3.63) is 51.6 Å². The highest BCUT2D eigenvalue weighted by atomic mass is 35.5. The Hall–Kier alpha value is -2.71.